The first kappa shape index (κ1) is 25.1. The third-order valence-electron chi connectivity index (χ3n) is 5.28. The van der Waals surface area contributed by atoms with Crippen molar-refractivity contribution in [3.05, 3.63) is 54.1 Å². The van der Waals surface area contributed by atoms with E-state index in [9.17, 15) is 13.2 Å². The standard InChI is InChI=1S/C24H31N3O4S2/c1-17(2)16-31-22-11-7-6-10-21(22)23(28)26-24(32)25-18-12-14-20(15-13-18)33(29,30)27-19-8-4-3-5-9-19/h6-7,10-15,17,19,27H,3-5,8-9,16H2,1-2H3,(H2,25,26,28,32). The molecule has 178 valence electrons. The SMILES string of the molecule is CC(C)COc1ccccc1C(=O)NC(=S)Nc1ccc(S(=O)(=O)NC2CCCCC2)cc1. The Morgan fingerprint density at radius 3 is 2.39 bits per heavy atom. The van der Waals surface area contributed by atoms with Crippen molar-refractivity contribution < 1.29 is 17.9 Å². The molecule has 3 rings (SSSR count). The maximum atomic E-state index is 12.7. The average molecular weight is 490 g/mol. The van der Waals surface area contributed by atoms with Gasteiger partial charge in [-0.3, -0.25) is 10.1 Å². The molecule has 0 radical (unpaired) electrons. The van der Waals surface area contributed by atoms with Gasteiger partial charge in [-0.25, -0.2) is 13.1 Å². The van der Waals surface area contributed by atoms with Crippen molar-refractivity contribution in [1.29, 1.82) is 0 Å². The van der Waals surface area contributed by atoms with Crippen molar-refractivity contribution in [1.82, 2.24) is 10.0 Å². The van der Waals surface area contributed by atoms with Crippen LogP contribution in [0.1, 0.15) is 56.3 Å². The predicted octanol–water partition coefficient (Wildman–Crippen LogP) is 4.46. The Morgan fingerprint density at radius 2 is 1.73 bits per heavy atom. The molecule has 1 aliphatic carbocycles. The molecule has 2 aromatic carbocycles. The van der Waals surface area contributed by atoms with Crippen molar-refractivity contribution in [2.75, 3.05) is 11.9 Å². The number of rotatable bonds is 8. The number of ether oxygens (including phenoxy) is 1. The van der Waals surface area contributed by atoms with E-state index in [-0.39, 0.29) is 22.0 Å². The third-order valence-corrected chi connectivity index (χ3v) is 7.02. The van der Waals surface area contributed by atoms with Gasteiger partial charge in [0.2, 0.25) is 10.0 Å². The number of carbonyl (C=O) groups is 1. The zero-order chi connectivity index (χ0) is 23.8. The molecule has 0 heterocycles. The molecule has 0 unspecified atom stereocenters. The van der Waals surface area contributed by atoms with E-state index in [0.29, 0.717) is 29.5 Å². The molecular weight excluding hydrogens is 458 g/mol. The number of nitrogens with one attached hydrogen (secondary N) is 3. The lowest BCUT2D eigenvalue weighted by molar-refractivity contribution is 0.0973. The van der Waals surface area contributed by atoms with Gasteiger partial charge in [0.15, 0.2) is 5.11 Å². The van der Waals surface area contributed by atoms with Crippen LogP contribution in [0.2, 0.25) is 0 Å². The molecule has 0 bridgehead atoms. The molecule has 33 heavy (non-hydrogen) atoms. The molecule has 0 aromatic heterocycles. The van der Waals surface area contributed by atoms with E-state index in [0.717, 1.165) is 32.1 Å². The number of sulfonamides is 1. The zero-order valence-corrected chi connectivity index (χ0v) is 20.6. The molecule has 9 heteroatoms. The molecule has 2 aromatic rings. The molecule has 7 nitrogen and oxygen atoms in total. The molecule has 0 atom stereocenters. The van der Waals surface area contributed by atoms with Crippen LogP contribution in [0.4, 0.5) is 5.69 Å². The fraction of sp³-hybridized carbons (Fsp3) is 0.417. The summed E-state index contributed by atoms with van der Waals surface area (Å²) in [6.45, 7) is 4.56. The molecule has 1 aliphatic rings. The number of anilines is 1. The maximum Gasteiger partial charge on any atom is 0.261 e. The van der Waals surface area contributed by atoms with Crippen molar-refractivity contribution in [3.8, 4) is 5.75 Å². The molecule has 0 spiro atoms. The topological polar surface area (TPSA) is 96.5 Å². The summed E-state index contributed by atoms with van der Waals surface area (Å²) in [6, 6.07) is 13.3. The predicted molar refractivity (Wildman–Crippen MR) is 134 cm³/mol. The number of benzene rings is 2. The number of hydrogen-bond acceptors (Lipinski definition) is 5. The fourth-order valence-electron chi connectivity index (χ4n) is 3.59. The monoisotopic (exact) mass is 489 g/mol. The van der Waals surface area contributed by atoms with Gasteiger partial charge in [-0.1, -0.05) is 45.2 Å². The summed E-state index contributed by atoms with van der Waals surface area (Å²) in [7, 11) is -3.57. The molecule has 3 N–H and O–H groups in total. The second-order valence-corrected chi connectivity index (χ2v) is 10.7. The van der Waals surface area contributed by atoms with Crippen LogP contribution in [0.5, 0.6) is 5.75 Å². The van der Waals surface area contributed by atoms with E-state index in [2.05, 4.69) is 15.4 Å². The second-order valence-electron chi connectivity index (χ2n) is 8.59. The zero-order valence-electron chi connectivity index (χ0n) is 19.0. The Kier molecular flexibility index (Phi) is 8.82. The van der Waals surface area contributed by atoms with Gasteiger partial charge in [0.05, 0.1) is 17.1 Å². The first-order valence-electron chi connectivity index (χ1n) is 11.2. The van der Waals surface area contributed by atoms with Gasteiger partial charge >= 0.3 is 0 Å². The molecule has 0 aliphatic heterocycles. The molecule has 1 saturated carbocycles. The Balaban J connectivity index is 1.58. The minimum Gasteiger partial charge on any atom is -0.492 e. The molecule has 1 fully saturated rings. The fourth-order valence-corrected chi connectivity index (χ4v) is 5.11. The van der Waals surface area contributed by atoms with E-state index in [4.69, 9.17) is 17.0 Å². The number of carbonyl (C=O) groups excluding carboxylic acids is 1. The van der Waals surface area contributed by atoms with E-state index >= 15 is 0 Å². The van der Waals surface area contributed by atoms with Gasteiger partial charge in [0, 0.05) is 11.7 Å². The second kappa shape index (κ2) is 11.6. The van der Waals surface area contributed by atoms with Gasteiger partial charge in [-0.05, 0) is 67.4 Å². The lowest BCUT2D eigenvalue weighted by Crippen LogP contribution is -2.36. The quantitative estimate of drug-likeness (QED) is 0.474. The highest BCUT2D eigenvalue weighted by molar-refractivity contribution is 7.89. The van der Waals surface area contributed by atoms with E-state index < -0.39 is 10.0 Å². The summed E-state index contributed by atoms with van der Waals surface area (Å²) < 4.78 is 33.8. The minimum atomic E-state index is -3.57. The lowest BCUT2D eigenvalue weighted by Gasteiger charge is -2.22. The third kappa shape index (κ3) is 7.52. The number of hydrogen-bond donors (Lipinski definition) is 3. The highest BCUT2D eigenvalue weighted by atomic mass is 32.2. The van der Waals surface area contributed by atoms with Crippen LogP contribution in [0.25, 0.3) is 0 Å². The molecule has 0 saturated heterocycles. The number of amides is 1. The summed E-state index contributed by atoms with van der Waals surface area (Å²) in [4.78, 5) is 12.9. The van der Waals surface area contributed by atoms with Crippen molar-refractivity contribution in [3.63, 3.8) is 0 Å². The van der Waals surface area contributed by atoms with Gasteiger partial charge in [0.1, 0.15) is 5.75 Å². The summed E-state index contributed by atoms with van der Waals surface area (Å²) >= 11 is 5.26. The Hall–Kier alpha value is -2.49. The first-order valence-corrected chi connectivity index (χ1v) is 13.1. The van der Waals surface area contributed by atoms with Crippen molar-refractivity contribution in [2.24, 2.45) is 5.92 Å². The largest absolute Gasteiger partial charge is 0.492 e. The highest BCUT2D eigenvalue weighted by Crippen LogP contribution is 2.21. The van der Waals surface area contributed by atoms with Gasteiger partial charge < -0.3 is 10.1 Å². The van der Waals surface area contributed by atoms with Gasteiger partial charge in [0.25, 0.3) is 5.91 Å². The number of para-hydroxylation sites is 1. The van der Waals surface area contributed by atoms with Crippen LogP contribution >= 0.6 is 12.2 Å². The Labute approximate surface area is 201 Å². The van der Waals surface area contributed by atoms with E-state index in [1.807, 2.05) is 19.9 Å². The average Bonchev–Trinajstić information content (AvgIpc) is 2.78. The summed E-state index contributed by atoms with van der Waals surface area (Å²) in [5.41, 5.74) is 0.957. The summed E-state index contributed by atoms with van der Waals surface area (Å²) in [6.07, 6.45) is 5.00. The van der Waals surface area contributed by atoms with Gasteiger partial charge in [-0.2, -0.15) is 0 Å². The minimum absolute atomic E-state index is 0.00302. The Morgan fingerprint density at radius 1 is 1.06 bits per heavy atom. The van der Waals surface area contributed by atoms with E-state index in [1.165, 1.54) is 12.1 Å². The van der Waals surface area contributed by atoms with Crippen LogP contribution in [0, 0.1) is 5.92 Å². The van der Waals surface area contributed by atoms with Crippen LogP contribution in [-0.4, -0.2) is 32.1 Å². The van der Waals surface area contributed by atoms with Crippen LogP contribution in [0.15, 0.2) is 53.4 Å². The van der Waals surface area contributed by atoms with Crippen LogP contribution in [-0.2, 0) is 10.0 Å². The molecule has 1 amide bonds. The van der Waals surface area contributed by atoms with Crippen LogP contribution < -0.4 is 20.1 Å². The normalized spacial score (nSPS) is 14.6. The lowest BCUT2D eigenvalue weighted by atomic mass is 9.96. The van der Waals surface area contributed by atoms with Crippen molar-refractivity contribution in [2.45, 2.75) is 56.9 Å². The first-order chi connectivity index (χ1) is 15.7. The Bertz CT molecular complexity index is 1060. The van der Waals surface area contributed by atoms with Crippen LogP contribution in [0.3, 0.4) is 0 Å². The van der Waals surface area contributed by atoms with Gasteiger partial charge in [-0.15, -0.1) is 0 Å². The number of thiocarbonyl (C=S) groups is 1. The maximum absolute atomic E-state index is 12.7. The summed E-state index contributed by atoms with van der Waals surface area (Å²) in [5, 5.41) is 5.66. The van der Waals surface area contributed by atoms with Crippen molar-refractivity contribution >= 4 is 38.9 Å². The summed E-state index contributed by atoms with van der Waals surface area (Å²) in [5.74, 6) is 0.433. The highest BCUT2D eigenvalue weighted by Gasteiger charge is 2.22. The van der Waals surface area contributed by atoms with E-state index in [1.54, 1.807) is 30.3 Å². The smallest absolute Gasteiger partial charge is 0.261 e. The molecular formula is C24H31N3O4S2.